The molecule has 0 radical (unpaired) electrons. The molecule has 17 heavy (non-hydrogen) atoms. The van der Waals surface area contributed by atoms with Gasteiger partial charge in [-0.2, -0.15) is 0 Å². The molecule has 0 aromatic carbocycles. The normalized spacial score (nSPS) is 27.4. The first-order valence-corrected chi connectivity index (χ1v) is 7.09. The van der Waals surface area contributed by atoms with Gasteiger partial charge in [-0.25, -0.2) is 0 Å². The number of nitrogens with zero attached hydrogens (tertiary/aromatic N) is 2. The van der Waals surface area contributed by atoms with Crippen LogP contribution in [-0.2, 0) is 0 Å². The quantitative estimate of drug-likeness (QED) is 0.779. The van der Waals surface area contributed by atoms with E-state index in [2.05, 4.69) is 43.3 Å². The Morgan fingerprint density at radius 1 is 1.29 bits per heavy atom. The lowest BCUT2D eigenvalue weighted by atomic mass is 9.79. The molecule has 3 heteroatoms. The number of piperidine rings is 1. The second-order valence-electron chi connectivity index (χ2n) is 6.44. The minimum absolute atomic E-state index is 0.582. The number of likely N-dealkylation sites (tertiary alicyclic amines) is 1. The fourth-order valence-electron chi connectivity index (χ4n) is 3.90. The largest absolute Gasteiger partial charge is 0.319 e. The number of rotatable bonds is 5. The van der Waals surface area contributed by atoms with Gasteiger partial charge in [0, 0.05) is 12.6 Å². The molecule has 3 nitrogen and oxygen atoms in total. The molecule has 0 aromatic rings. The minimum Gasteiger partial charge on any atom is -0.319 e. The first-order valence-electron chi connectivity index (χ1n) is 7.09. The molecule has 1 atom stereocenters. The molecule has 1 saturated carbocycles. The molecule has 2 aliphatic rings. The molecule has 1 unspecified atom stereocenters. The van der Waals surface area contributed by atoms with Gasteiger partial charge in [0.25, 0.3) is 0 Å². The summed E-state index contributed by atoms with van der Waals surface area (Å²) in [5, 5.41) is 3.42. The Bertz CT molecular complexity index is 240. The Hall–Kier alpha value is -0.120. The third-order valence-electron chi connectivity index (χ3n) is 4.81. The van der Waals surface area contributed by atoms with Crippen molar-refractivity contribution in [1.82, 2.24) is 15.1 Å². The molecular formula is C14H29N3. The lowest BCUT2D eigenvalue weighted by Crippen LogP contribution is -2.49. The maximum Gasteiger partial charge on any atom is 0.0187 e. The minimum atomic E-state index is 0.582. The topological polar surface area (TPSA) is 18.5 Å². The Kier molecular flexibility index (Phi) is 4.11. The van der Waals surface area contributed by atoms with Gasteiger partial charge in [-0.05, 0) is 78.3 Å². The van der Waals surface area contributed by atoms with Crippen LogP contribution >= 0.6 is 0 Å². The molecule has 0 bridgehead atoms. The van der Waals surface area contributed by atoms with Crippen molar-refractivity contribution in [2.24, 2.45) is 11.3 Å². The van der Waals surface area contributed by atoms with Crippen LogP contribution in [0.3, 0.4) is 0 Å². The van der Waals surface area contributed by atoms with E-state index in [1.54, 1.807) is 0 Å². The second-order valence-corrected chi connectivity index (χ2v) is 6.44. The van der Waals surface area contributed by atoms with Crippen LogP contribution in [0.2, 0.25) is 0 Å². The van der Waals surface area contributed by atoms with Gasteiger partial charge in [-0.15, -0.1) is 0 Å². The van der Waals surface area contributed by atoms with Gasteiger partial charge in [0.1, 0.15) is 0 Å². The van der Waals surface area contributed by atoms with Crippen LogP contribution in [0.15, 0.2) is 0 Å². The average Bonchev–Trinajstić information content (AvgIpc) is 3.02. The molecule has 1 heterocycles. The third-order valence-corrected chi connectivity index (χ3v) is 4.81. The second kappa shape index (κ2) is 5.25. The van der Waals surface area contributed by atoms with Crippen molar-refractivity contribution in [1.29, 1.82) is 0 Å². The van der Waals surface area contributed by atoms with Crippen LogP contribution in [0.5, 0.6) is 0 Å². The fourth-order valence-corrected chi connectivity index (χ4v) is 3.90. The lowest BCUT2D eigenvalue weighted by Gasteiger charge is -2.42. The fraction of sp³-hybridized carbons (Fsp3) is 1.00. The molecule has 0 amide bonds. The highest BCUT2D eigenvalue weighted by molar-refractivity contribution is 5.06. The van der Waals surface area contributed by atoms with Gasteiger partial charge in [-0.1, -0.05) is 0 Å². The molecular weight excluding hydrogens is 210 g/mol. The number of hydrogen-bond acceptors (Lipinski definition) is 3. The van der Waals surface area contributed by atoms with Gasteiger partial charge < -0.3 is 15.1 Å². The van der Waals surface area contributed by atoms with Crippen LogP contribution in [0.4, 0.5) is 0 Å². The molecule has 1 aliphatic carbocycles. The van der Waals surface area contributed by atoms with E-state index < -0.39 is 0 Å². The summed E-state index contributed by atoms with van der Waals surface area (Å²) in [5.74, 6) is 0.900. The van der Waals surface area contributed by atoms with E-state index >= 15 is 0 Å². The van der Waals surface area contributed by atoms with Gasteiger partial charge in [0.05, 0.1) is 0 Å². The Morgan fingerprint density at radius 2 is 1.88 bits per heavy atom. The SMILES string of the molecule is CNCC1(C(C2CCN(C)CC2)N(C)C)CC1. The summed E-state index contributed by atoms with van der Waals surface area (Å²) in [5.41, 5.74) is 0.582. The zero-order valence-corrected chi connectivity index (χ0v) is 12.0. The smallest absolute Gasteiger partial charge is 0.0187 e. The van der Waals surface area contributed by atoms with Crippen molar-refractivity contribution in [2.75, 3.05) is 47.8 Å². The molecule has 1 N–H and O–H groups in total. The van der Waals surface area contributed by atoms with E-state index in [0.29, 0.717) is 5.41 Å². The van der Waals surface area contributed by atoms with E-state index in [0.717, 1.165) is 12.0 Å². The summed E-state index contributed by atoms with van der Waals surface area (Å²) in [6.07, 6.45) is 5.60. The predicted octanol–water partition coefficient (Wildman–Crippen LogP) is 1.26. The molecule has 1 aliphatic heterocycles. The molecule has 100 valence electrons. The summed E-state index contributed by atoms with van der Waals surface area (Å²) in [6.45, 7) is 3.76. The van der Waals surface area contributed by atoms with E-state index in [9.17, 15) is 0 Å². The Morgan fingerprint density at radius 3 is 2.29 bits per heavy atom. The highest BCUT2D eigenvalue weighted by Gasteiger charge is 2.52. The summed E-state index contributed by atoms with van der Waals surface area (Å²) < 4.78 is 0. The van der Waals surface area contributed by atoms with Crippen LogP contribution in [0, 0.1) is 11.3 Å². The number of nitrogens with one attached hydrogen (secondary N) is 1. The number of hydrogen-bond donors (Lipinski definition) is 1. The van der Waals surface area contributed by atoms with Gasteiger partial charge in [0.2, 0.25) is 0 Å². The molecule has 0 aromatic heterocycles. The zero-order valence-electron chi connectivity index (χ0n) is 12.0. The Labute approximate surface area is 107 Å². The maximum absolute atomic E-state index is 3.42. The predicted molar refractivity (Wildman–Crippen MR) is 73.3 cm³/mol. The van der Waals surface area contributed by atoms with Crippen LogP contribution in [-0.4, -0.2) is 63.7 Å². The van der Waals surface area contributed by atoms with E-state index in [1.807, 2.05) is 0 Å². The van der Waals surface area contributed by atoms with Crippen LogP contribution < -0.4 is 5.32 Å². The van der Waals surface area contributed by atoms with Crippen molar-refractivity contribution < 1.29 is 0 Å². The van der Waals surface area contributed by atoms with Crippen molar-refractivity contribution in [3.63, 3.8) is 0 Å². The maximum atomic E-state index is 3.42. The van der Waals surface area contributed by atoms with Crippen molar-refractivity contribution in [2.45, 2.75) is 31.7 Å². The molecule has 2 fully saturated rings. The standard InChI is InChI=1S/C14H29N3/c1-15-11-14(7-8-14)13(16(2)3)12-5-9-17(4)10-6-12/h12-13,15H,5-11H2,1-4H3. The monoisotopic (exact) mass is 239 g/mol. The summed E-state index contributed by atoms with van der Waals surface area (Å²) in [4.78, 5) is 4.97. The van der Waals surface area contributed by atoms with Gasteiger partial charge >= 0.3 is 0 Å². The van der Waals surface area contributed by atoms with E-state index in [-0.39, 0.29) is 0 Å². The average molecular weight is 239 g/mol. The van der Waals surface area contributed by atoms with Gasteiger partial charge in [-0.3, -0.25) is 0 Å². The van der Waals surface area contributed by atoms with Crippen molar-refractivity contribution in [3.8, 4) is 0 Å². The van der Waals surface area contributed by atoms with Crippen LogP contribution in [0.1, 0.15) is 25.7 Å². The van der Waals surface area contributed by atoms with Crippen LogP contribution in [0.25, 0.3) is 0 Å². The molecule has 2 rings (SSSR count). The van der Waals surface area contributed by atoms with E-state index in [4.69, 9.17) is 0 Å². The van der Waals surface area contributed by atoms with Crippen molar-refractivity contribution >= 4 is 0 Å². The summed E-state index contributed by atoms with van der Waals surface area (Å²) in [7, 11) is 8.90. The summed E-state index contributed by atoms with van der Waals surface area (Å²) in [6, 6.07) is 0.781. The summed E-state index contributed by atoms with van der Waals surface area (Å²) >= 11 is 0. The van der Waals surface area contributed by atoms with Crippen molar-refractivity contribution in [3.05, 3.63) is 0 Å². The lowest BCUT2D eigenvalue weighted by molar-refractivity contribution is 0.0788. The first-order chi connectivity index (χ1) is 8.09. The highest BCUT2D eigenvalue weighted by Crippen LogP contribution is 2.53. The van der Waals surface area contributed by atoms with E-state index in [1.165, 1.54) is 45.3 Å². The molecule has 1 saturated heterocycles. The highest BCUT2D eigenvalue weighted by atomic mass is 15.2. The first kappa shape index (κ1) is 13.3. The zero-order chi connectivity index (χ0) is 12.5. The van der Waals surface area contributed by atoms with Gasteiger partial charge in [0.15, 0.2) is 0 Å². The third kappa shape index (κ3) is 2.83. The molecule has 0 spiro atoms. The Balaban J connectivity index is 2.02.